The topological polar surface area (TPSA) is 268 Å². The molecule has 18 heteroatoms. The number of benzene rings is 3. The van der Waals surface area contributed by atoms with E-state index in [1.165, 1.54) is 7.11 Å². The van der Waals surface area contributed by atoms with Crippen LogP contribution in [-0.4, -0.2) is 118 Å². The SMILES string of the molecule is COc1c(OCO)ccc2c1O[C@H]1c3c(CN4C=C5N=CC=C5C4)cc(O[C@@H]4O[C@H]([C@H](OC(=O)CC(=O)O)C(N)N)[C@@H](O)[C@H](O)[C@H]4O)cc3O[C@H](Cc3ccccc3)[C@@H]21. The van der Waals surface area contributed by atoms with Crippen molar-refractivity contribution in [3.63, 3.8) is 0 Å². The zero-order chi connectivity index (χ0) is 41.5. The van der Waals surface area contributed by atoms with Crippen molar-refractivity contribution in [3.8, 4) is 28.7 Å². The van der Waals surface area contributed by atoms with Crippen molar-refractivity contribution in [1.82, 2.24) is 4.90 Å². The molecule has 9 atom stereocenters. The molecule has 5 aliphatic rings. The fourth-order valence-corrected chi connectivity index (χ4v) is 8.29. The first-order valence-corrected chi connectivity index (χ1v) is 18.9. The summed E-state index contributed by atoms with van der Waals surface area (Å²) in [6.07, 6.45) is -8.10. The summed E-state index contributed by atoms with van der Waals surface area (Å²) in [6.45, 7) is 0.313. The van der Waals surface area contributed by atoms with Gasteiger partial charge in [-0.05, 0) is 29.3 Å². The molecule has 1 saturated heterocycles. The lowest BCUT2D eigenvalue weighted by molar-refractivity contribution is -0.291. The molecule has 0 aromatic heterocycles. The van der Waals surface area contributed by atoms with Gasteiger partial charge in [-0.3, -0.25) is 14.6 Å². The quantitative estimate of drug-likeness (QED) is 0.0672. The van der Waals surface area contributed by atoms with Gasteiger partial charge in [0.15, 0.2) is 24.4 Å². The van der Waals surface area contributed by atoms with Crippen LogP contribution in [0.2, 0.25) is 0 Å². The monoisotopic (exact) mass is 816 g/mol. The molecular weight excluding hydrogens is 772 g/mol. The molecule has 0 aliphatic carbocycles. The zero-order valence-electron chi connectivity index (χ0n) is 31.7. The molecule has 9 N–H and O–H groups in total. The second-order valence-electron chi connectivity index (χ2n) is 14.7. The van der Waals surface area contributed by atoms with Crippen molar-refractivity contribution in [2.24, 2.45) is 16.5 Å². The summed E-state index contributed by atoms with van der Waals surface area (Å²) in [5, 5.41) is 51.7. The molecule has 18 nitrogen and oxygen atoms in total. The molecular formula is C41H44N4O14. The number of aliphatic hydroxyl groups excluding tert-OH is 4. The van der Waals surface area contributed by atoms with Crippen LogP contribution in [0.4, 0.5) is 0 Å². The fourth-order valence-electron chi connectivity index (χ4n) is 8.29. The number of ether oxygens (including phenoxy) is 7. The second kappa shape index (κ2) is 16.5. The molecule has 0 saturated carbocycles. The summed E-state index contributed by atoms with van der Waals surface area (Å²) in [5.74, 6) is -1.45. The molecule has 0 bridgehead atoms. The Bertz CT molecular complexity index is 2180. The molecule has 3 aromatic carbocycles. The van der Waals surface area contributed by atoms with Gasteiger partial charge in [0.1, 0.15) is 54.5 Å². The normalized spacial score (nSPS) is 26.7. The third kappa shape index (κ3) is 7.78. The Morgan fingerprint density at radius 2 is 1.83 bits per heavy atom. The van der Waals surface area contributed by atoms with E-state index < -0.39 is 80.3 Å². The van der Waals surface area contributed by atoms with Crippen LogP contribution < -0.4 is 35.2 Å². The summed E-state index contributed by atoms with van der Waals surface area (Å²) in [4.78, 5) is 30.0. The minimum absolute atomic E-state index is 0.134. The highest BCUT2D eigenvalue weighted by atomic mass is 16.7. The number of nitrogens with zero attached hydrogens (tertiary/aromatic N) is 2. The number of hydrogen-bond acceptors (Lipinski definition) is 17. The highest BCUT2D eigenvalue weighted by Gasteiger charge is 2.52. The third-order valence-corrected chi connectivity index (χ3v) is 10.9. The average Bonchev–Trinajstić information content (AvgIpc) is 3.92. The number of carbonyl (C=O) groups excluding carboxylic acids is 1. The van der Waals surface area contributed by atoms with Gasteiger partial charge in [-0.2, -0.15) is 0 Å². The molecule has 1 fully saturated rings. The van der Waals surface area contributed by atoms with E-state index in [0.29, 0.717) is 53.6 Å². The van der Waals surface area contributed by atoms with E-state index >= 15 is 0 Å². The zero-order valence-corrected chi connectivity index (χ0v) is 31.7. The first-order chi connectivity index (χ1) is 28.4. The molecule has 0 unspecified atom stereocenters. The number of esters is 1. The molecule has 5 aliphatic heterocycles. The van der Waals surface area contributed by atoms with E-state index in [4.69, 9.17) is 49.7 Å². The predicted octanol–water partition coefficient (Wildman–Crippen LogP) is 0.729. The van der Waals surface area contributed by atoms with Crippen LogP contribution in [0.25, 0.3) is 0 Å². The lowest BCUT2D eigenvalue weighted by atomic mass is 9.80. The van der Waals surface area contributed by atoms with Crippen molar-refractivity contribution in [2.45, 2.75) is 80.5 Å². The first kappa shape index (κ1) is 40.1. The van der Waals surface area contributed by atoms with Gasteiger partial charge in [-0.15, -0.1) is 0 Å². The van der Waals surface area contributed by atoms with Crippen LogP contribution in [0.3, 0.4) is 0 Å². The van der Waals surface area contributed by atoms with Gasteiger partial charge >= 0.3 is 11.9 Å². The van der Waals surface area contributed by atoms with E-state index in [2.05, 4.69) is 9.89 Å². The molecule has 8 rings (SSSR count). The number of nitrogens with two attached hydrogens (primary N) is 2. The number of hydrogen-bond donors (Lipinski definition) is 7. The largest absolute Gasteiger partial charge is 0.490 e. The van der Waals surface area contributed by atoms with Gasteiger partial charge in [-0.1, -0.05) is 36.4 Å². The highest BCUT2D eigenvalue weighted by Crippen LogP contribution is 2.59. The maximum atomic E-state index is 12.3. The van der Waals surface area contributed by atoms with Crippen LogP contribution in [0.15, 0.2) is 83.1 Å². The Balaban J connectivity index is 1.19. The smallest absolute Gasteiger partial charge is 0.317 e. The van der Waals surface area contributed by atoms with E-state index in [-0.39, 0.29) is 11.7 Å². The first-order valence-electron chi connectivity index (χ1n) is 18.9. The van der Waals surface area contributed by atoms with Crippen LogP contribution in [0, 0.1) is 0 Å². The van der Waals surface area contributed by atoms with Gasteiger partial charge < -0.3 is 75.1 Å². The van der Waals surface area contributed by atoms with E-state index in [9.17, 15) is 30.0 Å². The Morgan fingerprint density at radius 1 is 1.03 bits per heavy atom. The maximum Gasteiger partial charge on any atom is 0.317 e. The number of aliphatic hydroxyl groups is 4. The van der Waals surface area contributed by atoms with E-state index in [1.54, 1.807) is 24.4 Å². The van der Waals surface area contributed by atoms with Gasteiger partial charge in [0.05, 0.1) is 24.9 Å². The highest BCUT2D eigenvalue weighted by molar-refractivity contribution is 5.90. The predicted molar refractivity (Wildman–Crippen MR) is 204 cm³/mol. The lowest BCUT2D eigenvalue weighted by Gasteiger charge is -2.43. The van der Waals surface area contributed by atoms with Gasteiger partial charge in [0.25, 0.3) is 0 Å². The number of methoxy groups -OCH3 is 1. The van der Waals surface area contributed by atoms with Crippen molar-refractivity contribution < 1.29 is 68.3 Å². The number of aliphatic imine (C=N–C) groups is 1. The Morgan fingerprint density at radius 3 is 2.54 bits per heavy atom. The van der Waals surface area contributed by atoms with Crippen molar-refractivity contribution in [3.05, 3.63) is 100 Å². The Kier molecular flexibility index (Phi) is 11.2. The minimum atomic E-state index is -1.90. The molecule has 3 aromatic rings. The molecule has 59 heavy (non-hydrogen) atoms. The van der Waals surface area contributed by atoms with Gasteiger partial charge in [-0.25, -0.2) is 0 Å². The fraction of sp³-hybridized carbons (Fsp3) is 0.390. The summed E-state index contributed by atoms with van der Waals surface area (Å²) in [6, 6.07) is 16.8. The average molecular weight is 817 g/mol. The molecule has 312 valence electrons. The molecule has 0 spiro atoms. The Hall–Kier alpha value is -5.73. The minimum Gasteiger partial charge on any atom is -0.490 e. The van der Waals surface area contributed by atoms with Crippen LogP contribution in [0.1, 0.15) is 40.7 Å². The van der Waals surface area contributed by atoms with Gasteiger partial charge in [0, 0.05) is 54.7 Å². The second-order valence-corrected chi connectivity index (χ2v) is 14.7. The lowest BCUT2D eigenvalue weighted by Crippen LogP contribution is -2.66. The number of carboxylic acid groups (broad SMARTS) is 1. The van der Waals surface area contributed by atoms with Crippen molar-refractivity contribution in [1.29, 1.82) is 0 Å². The molecule has 0 radical (unpaired) electrons. The van der Waals surface area contributed by atoms with Crippen molar-refractivity contribution in [2.75, 3.05) is 20.4 Å². The number of aliphatic carboxylic acids is 1. The summed E-state index contributed by atoms with van der Waals surface area (Å²) in [7, 11) is 1.49. The summed E-state index contributed by atoms with van der Waals surface area (Å²) >= 11 is 0. The Labute approximate surface area is 337 Å². The number of rotatable bonds is 14. The number of carboxylic acids is 1. The molecule has 5 heterocycles. The van der Waals surface area contributed by atoms with Crippen molar-refractivity contribution >= 4 is 18.2 Å². The van der Waals surface area contributed by atoms with Crippen LogP contribution >= 0.6 is 0 Å². The number of carbonyl (C=O) groups is 2. The summed E-state index contributed by atoms with van der Waals surface area (Å²) in [5.41, 5.74) is 16.9. The number of allylic oxidation sites excluding steroid dienone is 1. The van der Waals surface area contributed by atoms with Gasteiger partial charge in [0.2, 0.25) is 12.0 Å². The van der Waals surface area contributed by atoms with Crippen LogP contribution in [0.5, 0.6) is 28.7 Å². The maximum absolute atomic E-state index is 12.3. The van der Waals surface area contributed by atoms with E-state index in [1.807, 2.05) is 48.7 Å². The number of fused-ring (bicyclic) bond motifs is 6. The third-order valence-electron chi connectivity index (χ3n) is 10.9. The summed E-state index contributed by atoms with van der Waals surface area (Å²) < 4.78 is 42.4. The standard InChI is InChI=1S/C41H44N4O14/c1-53-36-25(54-18-46)8-7-23-31-26(11-19-5-3-2-4-6-19)56-27-13-22(12-21(30(27)37(31)58-35(23)36)16-45-15-20-9-10-44-24(20)17-45)55-41-34(52)32(50)33(51)38(59-41)39(40(42)43)57-29(49)14-28(47)48/h2-10,12-13,17,26,31-34,37-41,46,50-52H,11,14-16,18,42-43H2,1H3,(H,47,48)/t26-,31-,32+,33+,34-,37+,38+,39+,41-/m1/s1. The van der Waals surface area contributed by atoms with E-state index in [0.717, 1.165) is 22.4 Å². The van der Waals surface area contributed by atoms with Crippen LogP contribution in [-0.2, 0) is 32.0 Å². The molecule has 0 amide bonds.